The maximum absolute atomic E-state index is 10.2. The molecule has 1 aliphatic carbocycles. The molecule has 22 heavy (non-hydrogen) atoms. The van der Waals surface area contributed by atoms with E-state index in [1.807, 2.05) is 0 Å². The summed E-state index contributed by atoms with van der Waals surface area (Å²) >= 11 is 0. The molecule has 0 aromatic carbocycles. The van der Waals surface area contributed by atoms with Crippen molar-refractivity contribution in [3.63, 3.8) is 0 Å². The van der Waals surface area contributed by atoms with Gasteiger partial charge in [-0.3, -0.25) is 4.90 Å². The van der Waals surface area contributed by atoms with Gasteiger partial charge in [0.2, 0.25) is 0 Å². The predicted octanol–water partition coefficient (Wildman–Crippen LogP) is 0.325. The van der Waals surface area contributed by atoms with Crippen LogP contribution in [0.1, 0.15) is 54.8 Å². The normalized spacial score (nSPS) is 35.7. The zero-order valence-corrected chi connectivity index (χ0v) is 13.1. The number of fused-ring (bicyclic) bond motifs is 1. The van der Waals surface area contributed by atoms with Crippen LogP contribution < -0.4 is 10.6 Å². The molecule has 6 nitrogen and oxygen atoms in total. The Kier molecular flexibility index (Phi) is 3.86. The molecule has 0 radical (unpaired) electrons. The van der Waals surface area contributed by atoms with Gasteiger partial charge in [0, 0.05) is 37.8 Å². The number of piperazine rings is 1. The van der Waals surface area contributed by atoms with Gasteiger partial charge in [0.25, 0.3) is 0 Å². The summed E-state index contributed by atoms with van der Waals surface area (Å²) in [6.45, 7) is 7.40. The zero-order valence-electron chi connectivity index (χ0n) is 13.1. The first-order chi connectivity index (χ1) is 10.8. The van der Waals surface area contributed by atoms with Crippen molar-refractivity contribution in [1.29, 1.82) is 0 Å². The van der Waals surface area contributed by atoms with Crippen molar-refractivity contribution in [3.05, 3.63) is 23.3 Å². The largest absolute Gasteiger partial charge is 0.387 e. The maximum Gasteiger partial charge on any atom is 0.116 e. The van der Waals surface area contributed by atoms with Crippen LogP contribution in [0.4, 0.5) is 0 Å². The van der Waals surface area contributed by atoms with Crippen LogP contribution in [0.3, 0.4) is 0 Å². The maximum atomic E-state index is 10.2. The lowest BCUT2D eigenvalue weighted by Gasteiger charge is -2.40. The standard InChI is InChI=1S/C16H25N5O/c1-10-6-13(22)16-14(10)15(19-9-20-16)12-8-18-4-5-21(12)11-2-3-17-7-11/h9-13,17-18,22H,2-8H2,1H3/t10-,11-,12?,13-/m1/s1. The molecule has 3 N–H and O–H groups in total. The number of hydrogen-bond donors (Lipinski definition) is 3. The first kappa shape index (κ1) is 14.5. The van der Waals surface area contributed by atoms with Crippen LogP contribution in [0, 0.1) is 0 Å². The van der Waals surface area contributed by atoms with Gasteiger partial charge in [0.15, 0.2) is 0 Å². The molecule has 120 valence electrons. The molecule has 4 atom stereocenters. The minimum absolute atomic E-state index is 0.295. The van der Waals surface area contributed by atoms with Crippen molar-refractivity contribution in [1.82, 2.24) is 25.5 Å². The predicted molar refractivity (Wildman–Crippen MR) is 83.6 cm³/mol. The first-order valence-corrected chi connectivity index (χ1v) is 8.45. The van der Waals surface area contributed by atoms with E-state index < -0.39 is 6.10 Å². The van der Waals surface area contributed by atoms with E-state index in [1.165, 1.54) is 12.0 Å². The summed E-state index contributed by atoms with van der Waals surface area (Å²) in [7, 11) is 0. The van der Waals surface area contributed by atoms with Gasteiger partial charge in [0.05, 0.1) is 23.5 Å². The highest BCUT2D eigenvalue weighted by Gasteiger charge is 2.38. The summed E-state index contributed by atoms with van der Waals surface area (Å²) in [5.74, 6) is 0.340. The van der Waals surface area contributed by atoms with Crippen LogP contribution in [0.2, 0.25) is 0 Å². The molecule has 1 unspecified atom stereocenters. The number of rotatable bonds is 2. The van der Waals surface area contributed by atoms with Crippen molar-refractivity contribution in [2.75, 3.05) is 32.7 Å². The van der Waals surface area contributed by atoms with E-state index in [2.05, 4.69) is 32.4 Å². The second-order valence-electron chi connectivity index (χ2n) is 6.81. The van der Waals surface area contributed by atoms with E-state index >= 15 is 0 Å². The van der Waals surface area contributed by atoms with E-state index in [4.69, 9.17) is 0 Å². The van der Waals surface area contributed by atoms with Gasteiger partial charge in [-0.15, -0.1) is 0 Å². The molecular formula is C16H25N5O. The van der Waals surface area contributed by atoms with Crippen LogP contribution in [-0.4, -0.2) is 58.7 Å². The minimum Gasteiger partial charge on any atom is -0.387 e. The Morgan fingerprint density at radius 1 is 1.18 bits per heavy atom. The molecule has 1 aromatic heterocycles. The molecule has 3 aliphatic rings. The fraction of sp³-hybridized carbons (Fsp3) is 0.750. The Hall–Kier alpha value is -1.08. The van der Waals surface area contributed by atoms with Crippen molar-refractivity contribution in [3.8, 4) is 0 Å². The topological polar surface area (TPSA) is 73.3 Å². The van der Waals surface area contributed by atoms with E-state index in [1.54, 1.807) is 6.33 Å². The lowest BCUT2D eigenvalue weighted by atomic mass is 9.96. The third kappa shape index (κ3) is 2.34. The Morgan fingerprint density at radius 2 is 2.00 bits per heavy atom. The number of aliphatic hydroxyl groups is 1. The summed E-state index contributed by atoms with van der Waals surface area (Å²) in [6.07, 6.45) is 3.19. The van der Waals surface area contributed by atoms with Crippen LogP contribution in [-0.2, 0) is 0 Å². The highest BCUT2D eigenvalue weighted by Crippen LogP contribution is 2.42. The third-order valence-corrected chi connectivity index (χ3v) is 5.43. The molecule has 6 heteroatoms. The number of hydrogen-bond acceptors (Lipinski definition) is 6. The molecule has 1 aromatic rings. The van der Waals surface area contributed by atoms with Crippen LogP contribution >= 0.6 is 0 Å². The van der Waals surface area contributed by atoms with Gasteiger partial charge < -0.3 is 15.7 Å². The summed E-state index contributed by atoms with van der Waals surface area (Å²) in [4.78, 5) is 11.6. The van der Waals surface area contributed by atoms with Crippen molar-refractivity contribution in [2.24, 2.45) is 0 Å². The SMILES string of the molecule is C[C@@H]1C[C@@H](O)c2ncnc(C3CNCCN3[C@@H]3CCNC3)c21. The molecule has 0 spiro atoms. The fourth-order valence-electron chi connectivity index (χ4n) is 4.36. The van der Waals surface area contributed by atoms with E-state index in [0.717, 1.165) is 50.5 Å². The van der Waals surface area contributed by atoms with Crippen molar-refractivity contribution in [2.45, 2.75) is 43.9 Å². The number of nitrogens with zero attached hydrogens (tertiary/aromatic N) is 3. The molecular weight excluding hydrogens is 278 g/mol. The van der Waals surface area contributed by atoms with Crippen LogP contribution in [0.15, 0.2) is 6.33 Å². The summed E-state index contributed by atoms with van der Waals surface area (Å²) in [5, 5.41) is 17.2. The molecule has 0 amide bonds. The van der Waals surface area contributed by atoms with Gasteiger partial charge in [-0.05, 0) is 25.3 Å². The monoisotopic (exact) mass is 303 g/mol. The molecule has 0 bridgehead atoms. The first-order valence-electron chi connectivity index (χ1n) is 8.45. The second kappa shape index (κ2) is 5.85. The summed E-state index contributed by atoms with van der Waals surface area (Å²) < 4.78 is 0. The molecule has 2 aliphatic heterocycles. The fourth-order valence-corrected chi connectivity index (χ4v) is 4.36. The van der Waals surface area contributed by atoms with Gasteiger partial charge in [0.1, 0.15) is 6.33 Å². The van der Waals surface area contributed by atoms with Gasteiger partial charge in [-0.2, -0.15) is 0 Å². The Balaban J connectivity index is 1.70. The van der Waals surface area contributed by atoms with Crippen molar-refractivity contribution < 1.29 is 5.11 Å². The quantitative estimate of drug-likeness (QED) is 0.731. The number of aliphatic hydroxyl groups excluding tert-OH is 1. The Bertz CT molecular complexity index is 545. The minimum atomic E-state index is -0.426. The van der Waals surface area contributed by atoms with Gasteiger partial charge in [-0.25, -0.2) is 9.97 Å². The zero-order chi connectivity index (χ0) is 15.1. The summed E-state index contributed by atoms with van der Waals surface area (Å²) in [5.41, 5.74) is 3.18. The van der Waals surface area contributed by atoms with E-state index in [0.29, 0.717) is 18.0 Å². The smallest absolute Gasteiger partial charge is 0.116 e. The van der Waals surface area contributed by atoms with Crippen LogP contribution in [0.25, 0.3) is 0 Å². The second-order valence-corrected chi connectivity index (χ2v) is 6.81. The molecule has 4 rings (SSSR count). The summed E-state index contributed by atoms with van der Waals surface area (Å²) in [6, 6.07) is 0.891. The molecule has 3 heterocycles. The van der Waals surface area contributed by atoms with Crippen molar-refractivity contribution >= 4 is 0 Å². The Labute approximate surface area is 131 Å². The highest BCUT2D eigenvalue weighted by molar-refractivity contribution is 5.36. The Morgan fingerprint density at radius 3 is 2.82 bits per heavy atom. The lowest BCUT2D eigenvalue weighted by Crippen LogP contribution is -2.51. The van der Waals surface area contributed by atoms with Crippen LogP contribution in [0.5, 0.6) is 0 Å². The lowest BCUT2D eigenvalue weighted by molar-refractivity contribution is 0.111. The van der Waals surface area contributed by atoms with Gasteiger partial charge >= 0.3 is 0 Å². The average molecular weight is 303 g/mol. The van der Waals surface area contributed by atoms with E-state index in [-0.39, 0.29) is 0 Å². The number of aromatic nitrogens is 2. The molecule has 0 saturated carbocycles. The van der Waals surface area contributed by atoms with Gasteiger partial charge in [-0.1, -0.05) is 6.92 Å². The number of nitrogens with one attached hydrogen (secondary N) is 2. The highest BCUT2D eigenvalue weighted by atomic mass is 16.3. The van der Waals surface area contributed by atoms with E-state index in [9.17, 15) is 5.11 Å². The molecule has 2 saturated heterocycles. The third-order valence-electron chi connectivity index (χ3n) is 5.43. The molecule has 2 fully saturated rings. The average Bonchev–Trinajstić information content (AvgIpc) is 3.17.